The average molecular weight is 353 g/mol. The molecule has 0 aliphatic carbocycles. The van der Waals surface area contributed by atoms with Crippen LogP contribution < -0.4 is 16.3 Å². The fourth-order valence-corrected chi connectivity index (χ4v) is 2.58. The highest BCUT2D eigenvalue weighted by Crippen LogP contribution is 2.19. The molecule has 0 spiro atoms. The number of anilines is 1. The van der Waals surface area contributed by atoms with Gasteiger partial charge in [-0.15, -0.1) is 0 Å². The molecule has 0 saturated heterocycles. The standard InChI is InChI=1S/C19H19N3O4/c1-19(2,3)26-21(12-23)13-8-10-14(11-9-13)22-17(24)15-6-4-5-7-16(15)20-18(22)25/h4-12H,1-3H3,(H,20,25). The molecule has 3 aromatic rings. The number of amides is 1. The van der Waals surface area contributed by atoms with E-state index in [1.54, 1.807) is 48.5 Å². The van der Waals surface area contributed by atoms with Crippen molar-refractivity contribution in [2.75, 3.05) is 5.06 Å². The van der Waals surface area contributed by atoms with Crippen LogP contribution in [-0.2, 0) is 9.63 Å². The predicted molar refractivity (Wildman–Crippen MR) is 99.5 cm³/mol. The van der Waals surface area contributed by atoms with Crippen LogP contribution in [0.3, 0.4) is 0 Å². The fourth-order valence-electron chi connectivity index (χ4n) is 2.58. The van der Waals surface area contributed by atoms with E-state index in [4.69, 9.17) is 4.84 Å². The first-order chi connectivity index (χ1) is 12.3. The predicted octanol–water partition coefficient (Wildman–Crippen LogP) is 2.37. The van der Waals surface area contributed by atoms with Crippen LogP contribution in [0.4, 0.5) is 5.69 Å². The summed E-state index contributed by atoms with van der Waals surface area (Å²) in [5, 5.41) is 1.53. The van der Waals surface area contributed by atoms with Crippen molar-refractivity contribution >= 4 is 23.0 Å². The monoisotopic (exact) mass is 353 g/mol. The molecule has 1 heterocycles. The van der Waals surface area contributed by atoms with E-state index >= 15 is 0 Å². The number of fused-ring (bicyclic) bond motifs is 1. The third-order valence-electron chi connectivity index (χ3n) is 3.64. The van der Waals surface area contributed by atoms with E-state index in [9.17, 15) is 14.4 Å². The number of hydrogen-bond donors (Lipinski definition) is 1. The van der Waals surface area contributed by atoms with E-state index in [1.807, 2.05) is 20.8 Å². The Kier molecular flexibility index (Phi) is 4.48. The molecule has 7 heteroatoms. The summed E-state index contributed by atoms with van der Waals surface area (Å²) in [4.78, 5) is 44.5. The third kappa shape index (κ3) is 3.43. The lowest BCUT2D eigenvalue weighted by Gasteiger charge is -2.26. The van der Waals surface area contributed by atoms with E-state index in [-0.39, 0.29) is 0 Å². The number of nitrogens with zero attached hydrogens (tertiary/aromatic N) is 2. The summed E-state index contributed by atoms with van der Waals surface area (Å²) >= 11 is 0. The summed E-state index contributed by atoms with van der Waals surface area (Å²) in [5.41, 5.74) is -0.112. The number of hydrogen-bond acceptors (Lipinski definition) is 4. The number of carbonyl (C=O) groups excluding carboxylic acids is 1. The highest BCUT2D eigenvalue weighted by atomic mass is 16.7. The summed E-state index contributed by atoms with van der Waals surface area (Å²) in [7, 11) is 0. The second kappa shape index (κ2) is 6.61. The van der Waals surface area contributed by atoms with Crippen LogP contribution in [0.15, 0.2) is 58.1 Å². The Balaban J connectivity index is 2.04. The number of nitrogens with one attached hydrogen (secondary N) is 1. The number of carbonyl (C=O) groups is 1. The Labute approximate surface area is 149 Å². The van der Waals surface area contributed by atoms with Crippen LogP contribution in [0, 0.1) is 0 Å². The van der Waals surface area contributed by atoms with Crippen LogP contribution in [0.2, 0.25) is 0 Å². The first-order valence-electron chi connectivity index (χ1n) is 8.08. The second-order valence-electron chi connectivity index (χ2n) is 6.77. The first-order valence-corrected chi connectivity index (χ1v) is 8.08. The molecule has 0 aliphatic rings. The molecule has 0 radical (unpaired) electrons. The summed E-state index contributed by atoms with van der Waals surface area (Å²) in [5.74, 6) is 0. The van der Waals surface area contributed by atoms with Crippen molar-refractivity contribution in [2.45, 2.75) is 26.4 Å². The van der Waals surface area contributed by atoms with Gasteiger partial charge in [-0.3, -0.25) is 14.4 Å². The minimum Gasteiger partial charge on any atom is -0.306 e. The summed E-state index contributed by atoms with van der Waals surface area (Å²) in [6.45, 7) is 5.48. The van der Waals surface area contributed by atoms with E-state index in [0.717, 1.165) is 9.63 Å². The number of hydroxylamine groups is 1. The van der Waals surface area contributed by atoms with E-state index in [1.165, 1.54) is 0 Å². The Morgan fingerprint density at radius 2 is 1.69 bits per heavy atom. The fraction of sp³-hybridized carbons (Fsp3) is 0.211. The van der Waals surface area contributed by atoms with Crippen molar-refractivity contribution < 1.29 is 9.63 Å². The Bertz CT molecular complexity index is 1060. The van der Waals surface area contributed by atoms with Gasteiger partial charge in [0.15, 0.2) is 0 Å². The van der Waals surface area contributed by atoms with Crippen molar-refractivity contribution in [3.63, 3.8) is 0 Å². The average Bonchev–Trinajstić information content (AvgIpc) is 2.59. The third-order valence-corrected chi connectivity index (χ3v) is 3.64. The highest BCUT2D eigenvalue weighted by Gasteiger charge is 2.18. The highest BCUT2D eigenvalue weighted by molar-refractivity contribution is 5.77. The topological polar surface area (TPSA) is 84.4 Å². The molecule has 0 saturated carbocycles. The number of benzene rings is 2. The van der Waals surface area contributed by atoms with Crippen LogP contribution in [-0.4, -0.2) is 21.6 Å². The molecular weight excluding hydrogens is 334 g/mol. The van der Waals surface area contributed by atoms with E-state index < -0.39 is 16.9 Å². The van der Waals surface area contributed by atoms with Crippen LogP contribution >= 0.6 is 0 Å². The molecule has 0 bridgehead atoms. The Hall–Kier alpha value is -3.19. The largest absolute Gasteiger partial charge is 0.333 e. The molecule has 1 aromatic heterocycles. The van der Waals surface area contributed by atoms with Gasteiger partial charge < -0.3 is 4.98 Å². The minimum absolute atomic E-state index is 0.396. The number of aromatic amines is 1. The van der Waals surface area contributed by atoms with Gasteiger partial charge in [0.1, 0.15) is 0 Å². The smallest absolute Gasteiger partial charge is 0.306 e. The van der Waals surface area contributed by atoms with E-state index in [2.05, 4.69) is 4.98 Å². The molecule has 1 amide bonds. The van der Waals surface area contributed by atoms with Gasteiger partial charge in [-0.05, 0) is 57.2 Å². The first kappa shape index (κ1) is 17.6. The SMILES string of the molecule is CC(C)(C)ON(C=O)c1ccc(-n2c(=O)[nH]c3ccccc3c2=O)cc1. The molecule has 2 aromatic carbocycles. The number of H-pyrrole nitrogens is 1. The maximum absolute atomic E-state index is 12.7. The normalized spacial score (nSPS) is 11.5. The zero-order valence-corrected chi connectivity index (χ0v) is 14.7. The second-order valence-corrected chi connectivity index (χ2v) is 6.77. The molecule has 0 atom stereocenters. The number of aromatic nitrogens is 2. The molecule has 26 heavy (non-hydrogen) atoms. The van der Waals surface area contributed by atoms with Gasteiger partial charge >= 0.3 is 5.69 Å². The lowest BCUT2D eigenvalue weighted by molar-refractivity contribution is -0.120. The van der Waals surface area contributed by atoms with E-state index in [0.29, 0.717) is 28.7 Å². The van der Waals surface area contributed by atoms with Crippen molar-refractivity contribution in [2.24, 2.45) is 0 Å². The van der Waals surface area contributed by atoms with Gasteiger partial charge in [0, 0.05) is 0 Å². The zero-order chi connectivity index (χ0) is 18.9. The van der Waals surface area contributed by atoms with Gasteiger partial charge in [-0.2, -0.15) is 5.06 Å². The Morgan fingerprint density at radius 1 is 1.04 bits per heavy atom. The number of para-hydroxylation sites is 1. The van der Waals surface area contributed by atoms with Crippen molar-refractivity contribution in [3.8, 4) is 5.69 Å². The lowest BCUT2D eigenvalue weighted by Crippen LogP contribution is -2.34. The maximum atomic E-state index is 12.7. The molecule has 1 N–H and O–H groups in total. The van der Waals surface area contributed by atoms with Gasteiger partial charge in [0.25, 0.3) is 5.56 Å². The van der Waals surface area contributed by atoms with Gasteiger partial charge in [-0.1, -0.05) is 12.1 Å². The van der Waals surface area contributed by atoms with Crippen molar-refractivity contribution in [1.82, 2.24) is 9.55 Å². The summed E-state index contributed by atoms with van der Waals surface area (Å²) in [6.07, 6.45) is 0.565. The van der Waals surface area contributed by atoms with Crippen molar-refractivity contribution in [1.29, 1.82) is 0 Å². The molecule has 134 valence electrons. The molecule has 0 unspecified atom stereocenters. The van der Waals surface area contributed by atoms with Gasteiger partial charge in [0.05, 0.1) is 27.9 Å². The molecular formula is C19H19N3O4. The number of rotatable bonds is 4. The maximum Gasteiger partial charge on any atom is 0.333 e. The Morgan fingerprint density at radius 3 is 2.31 bits per heavy atom. The lowest BCUT2D eigenvalue weighted by atomic mass is 10.2. The minimum atomic E-state index is -0.550. The molecule has 0 aliphatic heterocycles. The van der Waals surface area contributed by atoms with Gasteiger partial charge in [-0.25, -0.2) is 9.36 Å². The van der Waals surface area contributed by atoms with Crippen LogP contribution in [0.25, 0.3) is 16.6 Å². The summed E-state index contributed by atoms with van der Waals surface area (Å²) < 4.78 is 1.06. The van der Waals surface area contributed by atoms with Gasteiger partial charge in [0.2, 0.25) is 6.41 Å². The van der Waals surface area contributed by atoms with Crippen molar-refractivity contribution in [3.05, 3.63) is 69.4 Å². The van der Waals surface area contributed by atoms with Crippen LogP contribution in [0.5, 0.6) is 0 Å². The molecule has 3 rings (SSSR count). The quantitative estimate of drug-likeness (QED) is 0.576. The zero-order valence-electron chi connectivity index (χ0n) is 14.7. The molecule has 7 nitrogen and oxygen atoms in total. The molecule has 0 fully saturated rings. The van der Waals surface area contributed by atoms with Crippen LogP contribution in [0.1, 0.15) is 20.8 Å². The summed E-state index contributed by atoms with van der Waals surface area (Å²) in [6, 6.07) is 13.2.